The third-order valence-electron chi connectivity index (χ3n) is 14.9. The van der Waals surface area contributed by atoms with E-state index in [0.29, 0.717) is 71.0 Å². The van der Waals surface area contributed by atoms with E-state index in [2.05, 4.69) is 51.8 Å². The number of nitrogens with two attached hydrogens (primary N) is 1. The fourth-order valence-corrected chi connectivity index (χ4v) is 9.66. The number of carbonyl (C=O) groups excluding carboxylic acids is 9. The number of imidazole rings is 1. The third kappa shape index (κ3) is 40.6. The SMILES string of the molecule is CCCCC(CC)CN(CC(N)=O)C(=O)CN(C=O)CCCOC(C)=O.CCCCCCCCN(CC)C(=O)CN(CC(CC)CCCC)C(=O)CN(CCCOC(C)=O)C(=O)CN(CCCCCCCC)C(=O)CNCCCn1ccnc1. The number of ether oxygens (including phenoxy) is 2. The summed E-state index contributed by atoms with van der Waals surface area (Å²) in [7, 11) is 0. The lowest BCUT2D eigenvalue weighted by Gasteiger charge is -2.32. The molecule has 0 fully saturated rings. The van der Waals surface area contributed by atoms with Crippen molar-refractivity contribution in [2.24, 2.45) is 17.6 Å². The molecule has 3 N–H and O–H groups in total. The summed E-state index contributed by atoms with van der Waals surface area (Å²) in [5.41, 5.74) is 5.27. The number of hydrogen-bond donors (Lipinski definition) is 2. The van der Waals surface area contributed by atoms with Gasteiger partial charge in [-0.3, -0.25) is 43.2 Å². The van der Waals surface area contributed by atoms with E-state index in [1.54, 1.807) is 22.3 Å². The Morgan fingerprint density at radius 3 is 1.44 bits per heavy atom. The number of aryl methyl sites for hydroxylation is 1. The zero-order valence-corrected chi connectivity index (χ0v) is 53.9. The van der Waals surface area contributed by atoms with Gasteiger partial charge >= 0.3 is 11.9 Å². The first-order chi connectivity index (χ1) is 40.4. The van der Waals surface area contributed by atoms with Crippen LogP contribution in [0, 0.1) is 11.8 Å². The van der Waals surface area contributed by atoms with Gasteiger partial charge in [0, 0.05) is 78.6 Å². The lowest BCUT2D eigenvalue weighted by atomic mass is 9.98. The molecule has 84 heavy (non-hydrogen) atoms. The van der Waals surface area contributed by atoms with Gasteiger partial charge < -0.3 is 54.5 Å². The van der Waals surface area contributed by atoms with Crippen molar-refractivity contribution < 1.29 is 52.6 Å². The molecule has 21 nitrogen and oxygen atoms in total. The number of hydrogen-bond acceptors (Lipinski definition) is 13. The van der Waals surface area contributed by atoms with Crippen LogP contribution in [0.5, 0.6) is 0 Å². The first-order valence-corrected chi connectivity index (χ1v) is 32.2. The Balaban J connectivity index is 0.00000221. The maximum absolute atomic E-state index is 14.3. The second-order valence-corrected chi connectivity index (χ2v) is 22.3. The van der Waals surface area contributed by atoms with Crippen LogP contribution in [0.15, 0.2) is 18.7 Å². The van der Waals surface area contributed by atoms with Crippen LogP contribution in [0.4, 0.5) is 0 Å². The molecule has 1 aromatic heterocycles. The Morgan fingerprint density at radius 1 is 0.524 bits per heavy atom. The van der Waals surface area contributed by atoms with Crippen molar-refractivity contribution in [3.63, 3.8) is 0 Å². The maximum Gasteiger partial charge on any atom is 0.302 e. The standard InChI is InChI=1S/C45H83N7O6.C18H33N3O5/c1-7-12-15-17-19-21-29-49(11-5)43(55)38-52(35-41(10-4)25-14-9-3)45(57)37-51(31-24-33-58-40(6)53)44(56)36-50(30-22-20-18-16-13-8-2)42(54)34-46-26-23-28-48-32-27-47-39-48;1-4-6-8-16(5-2)11-21(12-17(19)24)18(25)13-20(14-22)9-7-10-26-15(3)23/h27,32,39,41,46H,7-26,28-31,33-38H2,1-6H3;14,16H,4-13H2,1-3H3,(H2,19,24). The van der Waals surface area contributed by atoms with Gasteiger partial charge in [-0.2, -0.15) is 0 Å². The maximum atomic E-state index is 14.3. The summed E-state index contributed by atoms with van der Waals surface area (Å²) in [6.45, 7) is 21.7. The molecule has 2 unspecified atom stereocenters. The molecule has 0 aliphatic heterocycles. The molecule has 0 aromatic carbocycles. The monoisotopic (exact) mass is 1190 g/mol. The van der Waals surface area contributed by atoms with Crippen LogP contribution < -0.4 is 11.1 Å². The highest BCUT2D eigenvalue weighted by Crippen LogP contribution is 2.18. The molecule has 0 bridgehead atoms. The largest absolute Gasteiger partial charge is 0.466 e. The average molecular weight is 1190 g/mol. The number of unbranched alkanes of at least 4 members (excludes halogenated alkanes) is 12. The smallest absolute Gasteiger partial charge is 0.302 e. The summed E-state index contributed by atoms with van der Waals surface area (Å²) >= 11 is 0. The number of amides is 7. The second kappa shape index (κ2) is 51.8. The van der Waals surface area contributed by atoms with E-state index < -0.39 is 11.9 Å². The quantitative estimate of drug-likeness (QED) is 0.0357. The van der Waals surface area contributed by atoms with Gasteiger partial charge in [0.2, 0.25) is 41.9 Å². The van der Waals surface area contributed by atoms with Crippen LogP contribution in [0.2, 0.25) is 0 Å². The average Bonchev–Trinajstić information content (AvgIpc) is 4.16. The van der Waals surface area contributed by atoms with Crippen LogP contribution >= 0.6 is 0 Å². The minimum absolute atomic E-state index is 0.0320. The molecular weight excluding hydrogens is 1070 g/mol. The van der Waals surface area contributed by atoms with E-state index in [0.717, 1.165) is 116 Å². The molecule has 1 rings (SSSR count). The van der Waals surface area contributed by atoms with Crippen molar-refractivity contribution in [2.45, 2.75) is 217 Å². The number of esters is 2. The lowest BCUT2D eigenvalue weighted by Crippen LogP contribution is -2.51. The van der Waals surface area contributed by atoms with E-state index in [9.17, 15) is 43.2 Å². The number of nitrogens with one attached hydrogen (secondary N) is 1. The van der Waals surface area contributed by atoms with E-state index >= 15 is 0 Å². The molecule has 2 atom stereocenters. The molecule has 0 spiro atoms. The summed E-state index contributed by atoms with van der Waals surface area (Å²) in [5, 5.41) is 3.25. The fraction of sp³-hybridized carbons (Fsp3) is 0.810. The van der Waals surface area contributed by atoms with Gasteiger partial charge in [-0.05, 0) is 70.3 Å². The summed E-state index contributed by atoms with van der Waals surface area (Å²) < 4.78 is 12.0. The van der Waals surface area contributed by atoms with E-state index in [1.807, 2.05) is 22.6 Å². The first-order valence-electron chi connectivity index (χ1n) is 32.2. The van der Waals surface area contributed by atoms with Gasteiger partial charge in [0.25, 0.3) is 0 Å². The summed E-state index contributed by atoms with van der Waals surface area (Å²) in [4.78, 5) is 127. The van der Waals surface area contributed by atoms with Crippen LogP contribution in [0.3, 0.4) is 0 Å². The molecule has 484 valence electrons. The fourth-order valence-electron chi connectivity index (χ4n) is 9.66. The van der Waals surface area contributed by atoms with Gasteiger partial charge in [-0.15, -0.1) is 0 Å². The molecule has 0 aliphatic carbocycles. The highest BCUT2D eigenvalue weighted by Gasteiger charge is 2.29. The summed E-state index contributed by atoms with van der Waals surface area (Å²) in [6.07, 6.45) is 28.7. The zero-order chi connectivity index (χ0) is 62.8. The van der Waals surface area contributed by atoms with E-state index in [-0.39, 0.29) is 100 Å². The van der Waals surface area contributed by atoms with Gasteiger partial charge in [0.15, 0.2) is 0 Å². The van der Waals surface area contributed by atoms with Crippen molar-refractivity contribution in [3.05, 3.63) is 18.7 Å². The Bertz CT molecular complexity index is 1930. The highest BCUT2D eigenvalue weighted by molar-refractivity contribution is 5.90. The topological polar surface area (TPSA) is 247 Å². The Kier molecular flexibility index (Phi) is 48.3. The normalized spacial score (nSPS) is 11.6. The summed E-state index contributed by atoms with van der Waals surface area (Å²) in [5.74, 6) is -2.00. The Labute approximate surface area is 506 Å². The molecule has 1 heterocycles. The van der Waals surface area contributed by atoms with Crippen LogP contribution in [-0.2, 0) is 59.2 Å². The third-order valence-corrected chi connectivity index (χ3v) is 14.9. The van der Waals surface area contributed by atoms with Crippen molar-refractivity contribution in [1.29, 1.82) is 0 Å². The Morgan fingerprint density at radius 2 is 0.964 bits per heavy atom. The lowest BCUT2D eigenvalue weighted by molar-refractivity contribution is -0.147. The first kappa shape index (κ1) is 78.4. The minimum Gasteiger partial charge on any atom is -0.466 e. The minimum atomic E-state index is -0.573. The molecule has 7 amide bonds. The highest BCUT2D eigenvalue weighted by atomic mass is 16.5. The number of nitrogens with zero attached hydrogens (tertiary/aromatic N) is 8. The van der Waals surface area contributed by atoms with Gasteiger partial charge in [0.1, 0.15) is 0 Å². The van der Waals surface area contributed by atoms with Crippen molar-refractivity contribution in [1.82, 2.24) is 44.3 Å². The predicted molar refractivity (Wildman–Crippen MR) is 331 cm³/mol. The van der Waals surface area contributed by atoms with Gasteiger partial charge in [-0.25, -0.2) is 4.98 Å². The second-order valence-electron chi connectivity index (χ2n) is 22.3. The molecular formula is C63H116N10O11. The van der Waals surface area contributed by atoms with Crippen molar-refractivity contribution >= 4 is 53.8 Å². The number of likely N-dealkylation sites (N-methyl/N-ethyl adjacent to an activating group) is 1. The number of aromatic nitrogens is 2. The molecule has 21 heteroatoms. The van der Waals surface area contributed by atoms with Gasteiger partial charge in [-0.1, -0.05) is 144 Å². The predicted octanol–water partition coefficient (Wildman–Crippen LogP) is 8.02. The number of rotatable bonds is 52. The number of carbonyl (C=O) groups is 9. The number of primary amides is 1. The molecule has 0 radical (unpaired) electrons. The molecule has 0 saturated carbocycles. The molecule has 0 saturated heterocycles. The van der Waals surface area contributed by atoms with Gasteiger partial charge in [0.05, 0.1) is 58.8 Å². The van der Waals surface area contributed by atoms with Crippen LogP contribution in [0.25, 0.3) is 0 Å². The van der Waals surface area contributed by atoms with E-state index in [4.69, 9.17) is 15.2 Å². The van der Waals surface area contributed by atoms with Crippen LogP contribution in [0.1, 0.15) is 210 Å². The van der Waals surface area contributed by atoms with E-state index in [1.165, 1.54) is 54.2 Å². The Hall–Kier alpha value is -5.60. The molecule has 0 aliphatic rings. The van der Waals surface area contributed by atoms with Crippen molar-refractivity contribution in [2.75, 3.05) is 105 Å². The zero-order valence-electron chi connectivity index (χ0n) is 53.9. The molecule has 1 aromatic rings. The summed E-state index contributed by atoms with van der Waals surface area (Å²) in [6, 6.07) is 0. The van der Waals surface area contributed by atoms with Crippen molar-refractivity contribution in [3.8, 4) is 0 Å². The van der Waals surface area contributed by atoms with Crippen LogP contribution in [-0.4, -0.2) is 198 Å².